The fourth-order valence-corrected chi connectivity index (χ4v) is 4.76. The Bertz CT molecular complexity index is 1110. The number of hydrogen-bond acceptors (Lipinski definition) is 1. The first-order valence-electron chi connectivity index (χ1n) is 9.37. The van der Waals surface area contributed by atoms with Gasteiger partial charge in [0.1, 0.15) is 0 Å². The van der Waals surface area contributed by atoms with Crippen molar-refractivity contribution < 1.29 is 0 Å². The molecule has 1 heterocycles. The van der Waals surface area contributed by atoms with Gasteiger partial charge in [0.05, 0.1) is 0 Å². The molecule has 6 rings (SSSR count). The fourth-order valence-electron chi connectivity index (χ4n) is 3.88. The molecule has 0 radical (unpaired) electrons. The van der Waals surface area contributed by atoms with Crippen LogP contribution in [0.3, 0.4) is 0 Å². The third kappa shape index (κ3) is 3.20. The van der Waals surface area contributed by atoms with Crippen LogP contribution >= 0.6 is 11.8 Å². The minimum atomic E-state index is 1.10. The predicted molar refractivity (Wildman–Crippen MR) is 118 cm³/mol. The second kappa shape index (κ2) is 7.09. The molecule has 0 atom stereocenters. The van der Waals surface area contributed by atoms with Gasteiger partial charge < -0.3 is 0 Å². The lowest BCUT2D eigenvalue weighted by Crippen LogP contribution is -1.87. The van der Waals surface area contributed by atoms with Crippen LogP contribution in [0.15, 0.2) is 95.9 Å². The van der Waals surface area contributed by atoms with E-state index in [0.29, 0.717) is 0 Å². The summed E-state index contributed by atoms with van der Waals surface area (Å²) in [6.45, 7) is 0. The average Bonchev–Trinajstić information content (AvgIpc) is 3.11. The van der Waals surface area contributed by atoms with E-state index in [4.69, 9.17) is 0 Å². The molecule has 0 spiro atoms. The van der Waals surface area contributed by atoms with Crippen molar-refractivity contribution in [3.63, 3.8) is 0 Å². The van der Waals surface area contributed by atoms with E-state index < -0.39 is 0 Å². The lowest BCUT2D eigenvalue weighted by Gasteiger charge is -2.10. The van der Waals surface area contributed by atoms with Crippen LogP contribution < -0.4 is 0 Å². The van der Waals surface area contributed by atoms with E-state index in [0.717, 1.165) is 12.2 Å². The van der Waals surface area contributed by atoms with E-state index in [1.807, 2.05) is 11.8 Å². The lowest BCUT2D eigenvalue weighted by atomic mass is 10.1. The summed E-state index contributed by atoms with van der Waals surface area (Å²) in [6, 6.07) is 30.4. The molecular formula is C26H20S. The normalized spacial score (nSPS) is 13.3. The van der Waals surface area contributed by atoms with Gasteiger partial charge in [-0.1, -0.05) is 84.9 Å². The second-order valence-electron chi connectivity index (χ2n) is 6.94. The van der Waals surface area contributed by atoms with Crippen molar-refractivity contribution in [2.75, 3.05) is 5.75 Å². The Balaban J connectivity index is 0.000000119. The average molecular weight is 365 g/mol. The highest BCUT2D eigenvalue weighted by Crippen LogP contribution is 2.35. The Morgan fingerprint density at radius 3 is 1.93 bits per heavy atom. The van der Waals surface area contributed by atoms with E-state index in [2.05, 4.69) is 97.1 Å². The number of hydrogen-bond donors (Lipinski definition) is 0. The zero-order valence-corrected chi connectivity index (χ0v) is 15.9. The van der Waals surface area contributed by atoms with Gasteiger partial charge in [-0.15, -0.1) is 11.8 Å². The van der Waals surface area contributed by atoms with Gasteiger partial charge in [0, 0.05) is 10.6 Å². The topological polar surface area (TPSA) is 0 Å². The van der Waals surface area contributed by atoms with E-state index >= 15 is 0 Å². The van der Waals surface area contributed by atoms with Crippen LogP contribution in [0.4, 0.5) is 0 Å². The molecule has 0 nitrogen and oxygen atoms in total. The number of rotatable bonds is 0. The van der Waals surface area contributed by atoms with E-state index in [1.54, 1.807) is 0 Å². The van der Waals surface area contributed by atoms with Crippen molar-refractivity contribution in [3.8, 4) is 11.1 Å². The maximum Gasteiger partial charge on any atom is 0.0164 e. The van der Waals surface area contributed by atoms with Gasteiger partial charge in [0.2, 0.25) is 0 Å². The lowest BCUT2D eigenvalue weighted by molar-refractivity contribution is 1.26. The Kier molecular flexibility index (Phi) is 4.31. The van der Waals surface area contributed by atoms with Crippen LogP contribution in [0.1, 0.15) is 16.7 Å². The van der Waals surface area contributed by atoms with Gasteiger partial charge in [-0.2, -0.15) is 0 Å². The highest BCUT2D eigenvalue weighted by molar-refractivity contribution is 7.99. The van der Waals surface area contributed by atoms with Gasteiger partial charge in [-0.3, -0.25) is 0 Å². The van der Waals surface area contributed by atoms with Gasteiger partial charge in [0.25, 0.3) is 0 Å². The largest absolute Gasteiger partial charge is 0.121 e. The maximum atomic E-state index is 2.29. The van der Waals surface area contributed by atoms with Crippen LogP contribution in [0, 0.1) is 0 Å². The zero-order valence-electron chi connectivity index (χ0n) is 15.1. The minimum absolute atomic E-state index is 1.10. The highest BCUT2D eigenvalue weighted by atomic mass is 32.2. The molecule has 0 aromatic heterocycles. The predicted octanol–water partition coefficient (Wildman–Crippen LogP) is 7.22. The van der Waals surface area contributed by atoms with E-state index in [1.165, 1.54) is 43.5 Å². The summed E-state index contributed by atoms with van der Waals surface area (Å²) >= 11 is 1.92. The first-order valence-corrected chi connectivity index (χ1v) is 10.4. The summed E-state index contributed by atoms with van der Waals surface area (Å²) in [7, 11) is 0. The smallest absolute Gasteiger partial charge is 0.0164 e. The van der Waals surface area contributed by atoms with Crippen LogP contribution in [0.25, 0.3) is 28.0 Å². The molecule has 1 heteroatoms. The molecule has 0 saturated carbocycles. The van der Waals surface area contributed by atoms with E-state index in [-0.39, 0.29) is 0 Å². The summed E-state index contributed by atoms with van der Waals surface area (Å²) in [6.07, 6.45) is 5.55. The molecule has 1 aliphatic heterocycles. The zero-order chi connectivity index (χ0) is 18.1. The summed E-state index contributed by atoms with van der Waals surface area (Å²) < 4.78 is 0. The third-order valence-corrected chi connectivity index (χ3v) is 6.24. The quantitative estimate of drug-likeness (QED) is 0.279. The van der Waals surface area contributed by atoms with Crippen molar-refractivity contribution in [2.45, 2.75) is 11.3 Å². The van der Waals surface area contributed by atoms with Crippen LogP contribution in [-0.2, 0) is 6.42 Å². The van der Waals surface area contributed by atoms with Gasteiger partial charge >= 0.3 is 0 Å². The van der Waals surface area contributed by atoms with Gasteiger partial charge in [0.15, 0.2) is 0 Å². The molecule has 0 amide bonds. The number of fused-ring (bicyclic) bond motifs is 5. The standard InChI is InChI=1S/C13H10S.C13H10/c1-2-5-11-9-13-12(6-3-7-14-13)8-10(11)4-1;1-3-7-12-10(5-1)9-11-6-2-4-8-13(11)12/h1-6,8-9H,7H2;1-8H,9H2. The monoisotopic (exact) mass is 364 g/mol. The maximum absolute atomic E-state index is 2.29. The Morgan fingerprint density at radius 2 is 1.22 bits per heavy atom. The molecule has 2 aliphatic rings. The Hall–Kier alpha value is -2.77. The fraction of sp³-hybridized carbons (Fsp3) is 0.0769. The second-order valence-corrected chi connectivity index (χ2v) is 8.00. The Labute approximate surface area is 164 Å². The molecular weight excluding hydrogens is 344 g/mol. The minimum Gasteiger partial charge on any atom is -0.121 e. The number of thioether (sulfide) groups is 1. The van der Waals surface area contributed by atoms with Crippen LogP contribution in [0.5, 0.6) is 0 Å². The third-order valence-electron chi connectivity index (χ3n) is 5.22. The molecule has 0 saturated heterocycles. The van der Waals surface area contributed by atoms with Crippen molar-refractivity contribution in [1.82, 2.24) is 0 Å². The van der Waals surface area contributed by atoms with Gasteiger partial charge in [-0.25, -0.2) is 0 Å². The molecule has 0 N–H and O–H groups in total. The van der Waals surface area contributed by atoms with Crippen molar-refractivity contribution in [3.05, 3.63) is 108 Å². The molecule has 0 unspecified atom stereocenters. The van der Waals surface area contributed by atoms with Crippen molar-refractivity contribution >= 4 is 28.6 Å². The molecule has 0 fully saturated rings. The molecule has 27 heavy (non-hydrogen) atoms. The van der Waals surface area contributed by atoms with Crippen molar-refractivity contribution in [2.24, 2.45) is 0 Å². The molecule has 1 aliphatic carbocycles. The summed E-state index contributed by atoms with van der Waals surface area (Å²) in [4.78, 5) is 1.41. The first kappa shape index (κ1) is 16.4. The Morgan fingerprint density at radius 1 is 0.630 bits per heavy atom. The van der Waals surface area contributed by atoms with Crippen LogP contribution in [-0.4, -0.2) is 5.75 Å². The molecule has 4 aromatic rings. The SMILES string of the molecule is C1=Cc2cc3ccccc3cc2SC1.c1ccc2c(c1)Cc1ccccc1-2. The van der Waals surface area contributed by atoms with Crippen molar-refractivity contribution in [1.29, 1.82) is 0 Å². The summed E-state index contributed by atoms with van der Waals surface area (Å²) in [5.41, 5.74) is 7.11. The number of benzene rings is 4. The summed E-state index contributed by atoms with van der Waals surface area (Å²) in [5.74, 6) is 1.10. The molecule has 4 aromatic carbocycles. The van der Waals surface area contributed by atoms with Crippen LogP contribution in [0.2, 0.25) is 0 Å². The first-order chi connectivity index (χ1) is 13.4. The summed E-state index contributed by atoms with van der Waals surface area (Å²) in [5, 5.41) is 2.67. The van der Waals surface area contributed by atoms with E-state index in [9.17, 15) is 0 Å². The molecule has 0 bridgehead atoms. The molecule has 130 valence electrons. The highest BCUT2D eigenvalue weighted by Gasteiger charge is 2.15. The van der Waals surface area contributed by atoms with Gasteiger partial charge in [-0.05, 0) is 57.1 Å².